The predicted octanol–water partition coefficient (Wildman–Crippen LogP) is 1.74. The fourth-order valence-electron chi connectivity index (χ4n) is 4.63. The average Bonchev–Trinajstić information content (AvgIpc) is 3.36. The Labute approximate surface area is 190 Å². The first kappa shape index (κ1) is 21.6. The summed E-state index contributed by atoms with van der Waals surface area (Å²) in [6.45, 7) is 4.11. The molecule has 0 radical (unpaired) electrons. The lowest BCUT2D eigenvalue weighted by molar-refractivity contribution is 0.0695. The first-order chi connectivity index (χ1) is 15.9. The van der Waals surface area contributed by atoms with E-state index in [2.05, 4.69) is 15.3 Å². The molecule has 1 atom stereocenters. The highest BCUT2D eigenvalue weighted by Gasteiger charge is 2.26. The van der Waals surface area contributed by atoms with Gasteiger partial charge in [0.05, 0.1) is 12.3 Å². The van der Waals surface area contributed by atoms with Crippen LogP contribution in [0.4, 0.5) is 11.6 Å². The molecule has 5 rings (SSSR count). The van der Waals surface area contributed by atoms with Crippen LogP contribution in [0.1, 0.15) is 41.2 Å². The summed E-state index contributed by atoms with van der Waals surface area (Å²) in [5.41, 5.74) is 3.42. The van der Waals surface area contributed by atoms with Crippen molar-refractivity contribution in [2.24, 2.45) is 7.05 Å². The van der Waals surface area contributed by atoms with Crippen LogP contribution in [0.2, 0.25) is 0 Å². The summed E-state index contributed by atoms with van der Waals surface area (Å²) in [4.78, 5) is 36.4. The van der Waals surface area contributed by atoms with Crippen LogP contribution in [-0.4, -0.2) is 67.4 Å². The van der Waals surface area contributed by atoms with Gasteiger partial charge < -0.3 is 20.1 Å². The summed E-state index contributed by atoms with van der Waals surface area (Å²) in [6, 6.07) is 5.48. The number of ether oxygens (including phenoxy) is 1. The van der Waals surface area contributed by atoms with Crippen molar-refractivity contribution in [1.29, 1.82) is 0 Å². The van der Waals surface area contributed by atoms with Gasteiger partial charge in [0.2, 0.25) is 5.95 Å². The lowest BCUT2D eigenvalue weighted by Crippen LogP contribution is -2.30. The third-order valence-corrected chi connectivity index (χ3v) is 6.56. The molecule has 2 aliphatic rings. The molecule has 174 valence electrons. The standard InChI is InChI=1S/C23H28N6O4/c1-14-11-15(21(31)28-8-5-17(30)13-28)3-4-18(14)25-22-24-12-19-20(26-22)29(23(32)27(19)2)16-6-9-33-10-7-16/h3-4,11-12,16-17,30H,5-10,13H2,1-2H3,(H,24,25,26). The van der Waals surface area contributed by atoms with Crippen molar-refractivity contribution in [3.8, 4) is 0 Å². The molecular weight excluding hydrogens is 424 g/mol. The molecule has 2 aromatic heterocycles. The Kier molecular flexibility index (Phi) is 5.63. The van der Waals surface area contributed by atoms with Gasteiger partial charge in [0.25, 0.3) is 5.91 Å². The van der Waals surface area contributed by atoms with Crippen molar-refractivity contribution in [3.05, 3.63) is 46.0 Å². The van der Waals surface area contributed by atoms with Gasteiger partial charge in [0.15, 0.2) is 5.65 Å². The van der Waals surface area contributed by atoms with E-state index in [1.807, 2.05) is 19.1 Å². The lowest BCUT2D eigenvalue weighted by atomic mass is 10.1. The zero-order valence-electron chi connectivity index (χ0n) is 18.8. The van der Waals surface area contributed by atoms with Gasteiger partial charge in [-0.3, -0.25) is 13.9 Å². The number of β-amino-alcohol motifs (C(OH)–C–C–N with tert-alkyl or cyclic N) is 1. The monoisotopic (exact) mass is 452 g/mol. The van der Waals surface area contributed by atoms with Crippen LogP contribution in [0.25, 0.3) is 11.2 Å². The van der Waals surface area contributed by atoms with E-state index in [0.717, 1.165) is 24.1 Å². The minimum Gasteiger partial charge on any atom is -0.391 e. The Bertz CT molecular complexity index is 1260. The SMILES string of the molecule is Cc1cc(C(=O)N2CCC(O)C2)ccc1Nc1ncc2c(n1)n(C1CCOCC1)c(=O)n2C. The normalized spacial score (nSPS) is 19.4. The molecular formula is C23H28N6O4. The quantitative estimate of drug-likeness (QED) is 0.620. The fraction of sp³-hybridized carbons (Fsp3) is 0.478. The van der Waals surface area contributed by atoms with Gasteiger partial charge >= 0.3 is 5.69 Å². The molecule has 2 aliphatic heterocycles. The second kappa shape index (κ2) is 8.60. The number of likely N-dealkylation sites (tertiary alicyclic amines) is 1. The maximum atomic E-state index is 12.9. The Morgan fingerprint density at radius 2 is 2.03 bits per heavy atom. The summed E-state index contributed by atoms with van der Waals surface area (Å²) in [5, 5.41) is 12.9. The molecule has 2 saturated heterocycles. The lowest BCUT2D eigenvalue weighted by Gasteiger charge is -2.22. The van der Waals surface area contributed by atoms with E-state index < -0.39 is 6.10 Å². The molecule has 0 aliphatic carbocycles. The minimum absolute atomic E-state index is 0.0498. The molecule has 2 N–H and O–H groups in total. The van der Waals surface area contributed by atoms with Crippen molar-refractivity contribution < 1.29 is 14.6 Å². The maximum Gasteiger partial charge on any atom is 0.330 e. The number of hydrogen-bond donors (Lipinski definition) is 2. The number of nitrogens with one attached hydrogen (secondary N) is 1. The molecule has 10 nitrogen and oxygen atoms in total. The topological polar surface area (TPSA) is 115 Å². The van der Waals surface area contributed by atoms with Gasteiger partial charge in [0.1, 0.15) is 5.52 Å². The van der Waals surface area contributed by atoms with Gasteiger partial charge in [-0.2, -0.15) is 4.98 Å². The smallest absolute Gasteiger partial charge is 0.330 e. The zero-order chi connectivity index (χ0) is 23.1. The van der Waals surface area contributed by atoms with Crippen LogP contribution >= 0.6 is 0 Å². The summed E-state index contributed by atoms with van der Waals surface area (Å²) >= 11 is 0. The first-order valence-corrected chi connectivity index (χ1v) is 11.3. The second-order valence-electron chi connectivity index (χ2n) is 8.81. The van der Waals surface area contributed by atoms with Crippen molar-refractivity contribution in [1.82, 2.24) is 24.0 Å². The number of fused-ring (bicyclic) bond motifs is 1. The molecule has 0 bridgehead atoms. The number of nitrogens with zero attached hydrogens (tertiary/aromatic N) is 5. The van der Waals surface area contributed by atoms with Crippen molar-refractivity contribution in [2.75, 3.05) is 31.6 Å². The number of hydrogen-bond acceptors (Lipinski definition) is 7. The number of rotatable bonds is 4. The third kappa shape index (κ3) is 4.00. The first-order valence-electron chi connectivity index (χ1n) is 11.3. The molecule has 2 fully saturated rings. The molecule has 4 heterocycles. The number of aryl methyl sites for hydroxylation is 2. The molecule has 1 aromatic carbocycles. The number of benzene rings is 1. The fourth-order valence-corrected chi connectivity index (χ4v) is 4.63. The number of carbonyl (C=O) groups is 1. The highest BCUT2D eigenvalue weighted by molar-refractivity contribution is 5.95. The van der Waals surface area contributed by atoms with Crippen LogP contribution in [0.5, 0.6) is 0 Å². The van der Waals surface area contributed by atoms with E-state index in [1.165, 1.54) is 0 Å². The van der Waals surface area contributed by atoms with Crippen molar-refractivity contribution in [3.63, 3.8) is 0 Å². The Morgan fingerprint density at radius 3 is 2.73 bits per heavy atom. The summed E-state index contributed by atoms with van der Waals surface area (Å²) < 4.78 is 8.79. The van der Waals surface area contributed by atoms with E-state index in [0.29, 0.717) is 55.4 Å². The highest BCUT2D eigenvalue weighted by atomic mass is 16.5. The minimum atomic E-state index is -0.445. The third-order valence-electron chi connectivity index (χ3n) is 6.56. The average molecular weight is 453 g/mol. The zero-order valence-corrected chi connectivity index (χ0v) is 18.8. The molecule has 1 unspecified atom stereocenters. The van der Waals surface area contributed by atoms with E-state index in [4.69, 9.17) is 4.74 Å². The number of aromatic nitrogens is 4. The predicted molar refractivity (Wildman–Crippen MR) is 123 cm³/mol. The number of aliphatic hydroxyl groups is 1. The van der Waals surface area contributed by atoms with Crippen LogP contribution in [0, 0.1) is 6.92 Å². The van der Waals surface area contributed by atoms with Crippen LogP contribution in [0.15, 0.2) is 29.2 Å². The van der Waals surface area contributed by atoms with E-state index in [1.54, 1.807) is 33.3 Å². The number of aliphatic hydroxyl groups excluding tert-OH is 1. The molecule has 33 heavy (non-hydrogen) atoms. The molecule has 0 saturated carbocycles. The maximum absolute atomic E-state index is 12.9. The number of carbonyl (C=O) groups excluding carboxylic acids is 1. The second-order valence-corrected chi connectivity index (χ2v) is 8.81. The van der Waals surface area contributed by atoms with Crippen LogP contribution in [-0.2, 0) is 11.8 Å². The van der Waals surface area contributed by atoms with Gasteiger partial charge in [0, 0.05) is 50.6 Å². The van der Waals surface area contributed by atoms with Gasteiger partial charge in [-0.25, -0.2) is 9.78 Å². The van der Waals surface area contributed by atoms with Gasteiger partial charge in [-0.15, -0.1) is 0 Å². The number of anilines is 2. The van der Waals surface area contributed by atoms with Crippen molar-refractivity contribution >= 4 is 28.7 Å². The largest absolute Gasteiger partial charge is 0.391 e. The van der Waals surface area contributed by atoms with E-state index in [9.17, 15) is 14.7 Å². The van der Waals surface area contributed by atoms with Crippen LogP contribution < -0.4 is 11.0 Å². The summed E-state index contributed by atoms with van der Waals surface area (Å²) in [6.07, 6.45) is 3.37. The van der Waals surface area contributed by atoms with Gasteiger partial charge in [-0.1, -0.05) is 0 Å². The van der Waals surface area contributed by atoms with Crippen LogP contribution in [0.3, 0.4) is 0 Å². The summed E-state index contributed by atoms with van der Waals surface area (Å²) in [7, 11) is 1.73. The molecule has 3 aromatic rings. The number of amides is 1. The highest BCUT2D eigenvalue weighted by Crippen LogP contribution is 2.26. The van der Waals surface area contributed by atoms with E-state index >= 15 is 0 Å². The Balaban J connectivity index is 1.42. The Morgan fingerprint density at radius 1 is 1.24 bits per heavy atom. The van der Waals surface area contributed by atoms with Gasteiger partial charge in [-0.05, 0) is 49.9 Å². The molecule has 10 heteroatoms. The molecule has 0 spiro atoms. The van der Waals surface area contributed by atoms with Crippen molar-refractivity contribution in [2.45, 2.75) is 38.3 Å². The molecule has 1 amide bonds. The summed E-state index contributed by atoms with van der Waals surface area (Å²) in [5.74, 6) is 0.308. The number of imidazole rings is 1. The van der Waals surface area contributed by atoms with E-state index in [-0.39, 0.29) is 17.6 Å². The Hall–Kier alpha value is -3.24.